The summed E-state index contributed by atoms with van der Waals surface area (Å²) in [6.45, 7) is 15.3. The predicted octanol–water partition coefficient (Wildman–Crippen LogP) is 8.98. The zero-order valence-electron chi connectivity index (χ0n) is 25.9. The Balaban J connectivity index is 0.00000506. The molecule has 0 aliphatic carbocycles. The number of nitrogens with one attached hydrogen (secondary N) is 1. The maximum absolute atomic E-state index is 13.5. The van der Waals surface area contributed by atoms with Gasteiger partial charge in [0.05, 0.1) is 28.8 Å². The number of hydrogen-bond acceptors (Lipinski definition) is 6. The Labute approximate surface area is 267 Å². The van der Waals surface area contributed by atoms with E-state index in [2.05, 4.69) is 5.32 Å². The van der Waals surface area contributed by atoms with Crippen LogP contribution in [-0.4, -0.2) is 22.2 Å². The van der Waals surface area contributed by atoms with Crippen LogP contribution in [0.15, 0.2) is 82.2 Å². The molecule has 7 nitrogen and oxygen atoms in total. The SMILES string of the molecule is Cc1cc(C(C)Nc2ccccc2C(=O)OC(C)(C)C)c2oc(/C(=C/O)c3ccccc3[N-]C(C)(C)C)cc(=O)c2c1.[W]. The molecule has 0 aliphatic rings. The summed E-state index contributed by atoms with van der Waals surface area (Å²) in [6, 6.07) is 19.4. The molecule has 0 bridgehead atoms. The van der Waals surface area contributed by atoms with Crippen LogP contribution in [0.4, 0.5) is 11.4 Å². The summed E-state index contributed by atoms with van der Waals surface area (Å²) in [6.07, 6.45) is 0.952. The standard InChI is InChI=1S/C35H39N2O5.W/c1-21-17-25(22(2)36-28-15-11-10-14-24(28)33(40)42-35(6,7)8)32-26(18-21)30(39)19-31(41-32)27(20-38)23-13-9-12-16-29(23)37-34(3,4)5;/h9-20,22H,1-8H3,(H,36,40)(H,38,39);/q-1;. The van der Waals surface area contributed by atoms with Gasteiger partial charge in [-0.15, -0.1) is 11.2 Å². The Hall–Kier alpha value is -3.83. The van der Waals surface area contributed by atoms with Crippen molar-refractivity contribution in [1.29, 1.82) is 0 Å². The quantitative estimate of drug-likeness (QED) is 0.144. The first-order valence-corrected chi connectivity index (χ1v) is 14.0. The van der Waals surface area contributed by atoms with E-state index >= 15 is 0 Å². The molecule has 4 aromatic rings. The first-order valence-electron chi connectivity index (χ1n) is 14.0. The van der Waals surface area contributed by atoms with Gasteiger partial charge in [-0.3, -0.25) is 4.79 Å². The number of esters is 1. The minimum absolute atomic E-state index is 0. The molecular weight excluding hydrogens is 712 g/mol. The van der Waals surface area contributed by atoms with Crippen molar-refractivity contribution in [3.05, 3.63) is 117 Å². The van der Waals surface area contributed by atoms with Crippen molar-refractivity contribution in [2.45, 2.75) is 72.6 Å². The average Bonchev–Trinajstić information content (AvgIpc) is 2.88. The van der Waals surface area contributed by atoms with Gasteiger partial charge in [0.25, 0.3) is 0 Å². The van der Waals surface area contributed by atoms with E-state index in [1.807, 2.05) is 97.9 Å². The first kappa shape index (κ1) is 33.7. The molecule has 2 N–H and O–H groups in total. The third kappa shape index (κ3) is 8.17. The van der Waals surface area contributed by atoms with Crippen molar-refractivity contribution < 1.29 is 40.1 Å². The third-order valence-corrected chi connectivity index (χ3v) is 6.43. The van der Waals surface area contributed by atoms with E-state index in [0.717, 1.165) is 17.4 Å². The topological polar surface area (TPSA) is 103 Å². The Morgan fingerprint density at radius 2 is 1.60 bits per heavy atom. The molecule has 226 valence electrons. The molecule has 0 saturated heterocycles. The largest absolute Gasteiger partial charge is 0.679 e. The molecule has 1 unspecified atom stereocenters. The van der Waals surface area contributed by atoms with Crippen LogP contribution in [0.1, 0.15) is 87.3 Å². The molecule has 0 saturated carbocycles. The van der Waals surface area contributed by atoms with Crippen molar-refractivity contribution in [3.8, 4) is 0 Å². The number of rotatable bonds is 7. The number of aliphatic hydroxyl groups excluding tert-OH is 1. The summed E-state index contributed by atoms with van der Waals surface area (Å²) < 4.78 is 12.0. The van der Waals surface area contributed by atoms with Crippen LogP contribution in [0.5, 0.6) is 0 Å². The molecule has 1 aromatic heterocycles. The number of fused-ring (bicyclic) bond motifs is 1. The van der Waals surface area contributed by atoms with E-state index in [0.29, 0.717) is 39.0 Å². The van der Waals surface area contributed by atoms with Gasteiger partial charge in [-0.25, -0.2) is 4.79 Å². The second-order valence-electron chi connectivity index (χ2n) is 12.5. The molecule has 0 amide bonds. The molecule has 0 radical (unpaired) electrons. The van der Waals surface area contributed by atoms with Gasteiger partial charge in [-0.1, -0.05) is 63.2 Å². The summed E-state index contributed by atoms with van der Waals surface area (Å²) in [5.74, 6) is -0.212. The molecule has 43 heavy (non-hydrogen) atoms. The molecule has 4 rings (SSSR count). The fraction of sp³-hybridized carbons (Fsp3) is 0.314. The van der Waals surface area contributed by atoms with Crippen LogP contribution in [0.3, 0.4) is 0 Å². The van der Waals surface area contributed by atoms with E-state index in [1.54, 1.807) is 18.2 Å². The van der Waals surface area contributed by atoms with Gasteiger partial charge in [0.2, 0.25) is 0 Å². The maximum atomic E-state index is 13.5. The van der Waals surface area contributed by atoms with Crippen molar-refractivity contribution in [3.63, 3.8) is 0 Å². The predicted molar refractivity (Wildman–Crippen MR) is 170 cm³/mol. The van der Waals surface area contributed by atoms with E-state index in [1.165, 1.54) is 6.07 Å². The molecule has 8 heteroatoms. The van der Waals surface area contributed by atoms with Crippen LogP contribution >= 0.6 is 0 Å². The van der Waals surface area contributed by atoms with Crippen molar-refractivity contribution in [2.75, 3.05) is 5.32 Å². The molecule has 1 atom stereocenters. The van der Waals surface area contributed by atoms with Crippen LogP contribution in [-0.2, 0) is 25.8 Å². The number of aliphatic hydroxyl groups is 1. The van der Waals surface area contributed by atoms with Crippen molar-refractivity contribution in [1.82, 2.24) is 0 Å². The van der Waals surface area contributed by atoms with Crippen LogP contribution < -0.4 is 10.7 Å². The molecule has 3 aromatic carbocycles. The number of hydrogen-bond donors (Lipinski definition) is 2. The van der Waals surface area contributed by atoms with Crippen LogP contribution in [0.25, 0.3) is 21.9 Å². The van der Waals surface area contributed by atoms with E-state index in [9.17, 15) is 14.7 Å². The Bertz CT molecular complexity index is 1710. The number of aryl methyl sites for hydroxylation is 1. The molecule has 0 aliphatic heterocycles. The van der Waals surface area contributed by atoms with Gasteiger partial charge in [0, 0.05) is 38.4 Å². The molecule has 1 heterocycles. The van der Waals surface area contributed by atoms with Gasteiger partial charge >= 0.3 is 5.97 Å². The third-order valence-electron chi connectivity index (χ3n) is 6.43. The molecule has 0 spiro atoms. The summed E-state index contributed by atoms with van der Waals surface area (Å²) in [7, 11) is 0. The summed E-state index contributed by atoms with van der Waals surface area (Å²) >= 11 is 0. The zero-order chi connectivity index (χ0) is 30.8. The smallest absolute Gasteiger partial charge is 0.340 e. The number of carbonyl (C=O) groups is 1. The zero-order valence-corrected chi connectivity index (χ0v) is 28.9. The Kier molecular flexibility index (Phi) is 10.3. The maximum Gasteiger partial charge on any atom is 0.340 e. The van der Waals surface area contributed by atoms with Crippen molar-refractivity contribution >= 4 is 33.9 Å². The van der Waals surface area contributed by atoms with Crippen LogP contribution in [0, 0.1) is 6.92 Å². The first-order chi connectivity index (χ1) is 19.7. The fourth-order valence-corrected chi connectivity index (χ4v) is 4.75. The number of benzene rings is 3. The van der Waals surface area contributed by atoms with Gasteiger partial charge in [0.15, 0.2) is 5.43 Å². The number of para-hydroxylation sites is 2. The number of anilines is 1. The fourth-order valence-electron chi connectivity index (χ4n) is 4.75. The van der Waals surface area contributed by atoms with Gasteiger partial charge in [-0.2, -0.15) is 0 Å². The number of nitrogens with zero attached hydrogens (tertiary/aromatic N) is 1. The minimum atomic E-state index is -0.640. The Morgan fingerprint density at radius 3 is 2.23 bits per heavy atom. The van der Waals surface area contributed by atoms with Gasteiger partial charge in [-0.05, 0) is 63.9 Å². The minimum Gasteiger partial charge on any atom is -0.679 e. The molecular formula is C35H39N2O5W-. The number of ether oxygens (including phenoxy) is 1. The van der Waals surface area contributed by atoms with Gasteiger partial charge < -0.3 is 24.9 Å². The summed E-state index contributed by atoms with van der Waals surface area (Å²) in [5.41, 5.74) is 3.44. The second-order valence-corrected chi connectivity index (χ2v) is 12.5. The van der Waals surface area contributed by atoms with Crippen LogP contribution in [0.2, 0.25) is 0 Å². The van der Waals surface area contributed by atoms with E-state index in [4.69, 9.17) is 14.5 Å². The molecule has 0 fully saturated rings. The van der Waals surface area contributed by atoms with Crippen molar-refractivity contribution in [2.24, 2.45) is 0 Å². The van der Waals surface area contributed by atoms with E-state index in [-0.39, 0.29) is 43.8 Å². The normalized spacial score (nSPS) is 12.8. The number of carbonyl (C=O) groups excluding carboxylic acids is 1. The second kappa shape index (κ2) is 13.2. The summed E-state index contributed by atoms with van der Waals surface area (Å²) in [4.78, 5) is 26.4. The van der Waals surface area contributed by atoms with Gasteiger partial charge in [0.1, 0.15) is 16.9 Å². The van der Waals surface area contributed by atoms with E-state index < -0.39 is 11.6 Å². The summed E-state index contributed by atoms with van der Waals surface area (Å²) in [5, 5.41) is 19.0. The monoisotopic (exact) mass is 751 g/mol. The average molecular weight is 752 g/mol. The Morgan fingerprint density at radius 1 is 0.977 bits per heavy atom.